The molecule has 0 aromatic carbocycles. The van der Waals surface area contributed by atoms with Crippen LogP contribution in [0.4, 0.5) is 0 Å². The molecule has 1 saturated carbocycles. The number of nitrogens with zero attached hydrogens (tertiary/aromatic N) is 2. The number of rotatable bonds is 5. The average Bonchev–Trinajstić information content (AvgIpc) is 2.42. The molecule has 2 fully saturated rings. The molecule has 0 spiro atoms. The van der Waals surface area contributed by atoms with Crippen LogP contribution in [0.25, 0.3) is 0 Å². The van der Waals surface area contributed by atoms with Crippen molar-refractivity contribution in [3.05, 3.63) is 0 Å². The number of likely N-dealkylation sites (tertiary alicyclic amines) is 1. The van der Waals surface area contributed by atoms with E-state index in [1.165, 1.54) is 58.2 Å². The Bertz CT molecular complexity index is 251. The van der Waals surface area contributed by atoms with Gasteiger partial charge in [-0.2, -0.15) is 0 Å². The molecule has 0 radical (unpaired) electrons. The summed E-state index contributed by atoms with van der Waals surface area (Å²) in [5, 5.41) is 9.36. The highest BCUT2D eigenvalue weighted by molar-refractivity contribution is 4.82. The molecule has 0 bridgehead atoms. The highest BCUT2D eigenvalue weighted by Crippen LogP contribution is 2.31. The molecule has 1 aliphatic heterocycles. The second kappa shape index (κ2) is 7.61. The number of aliphatic hydroxyl groups excluding tert-OH is 1. The van der Waals surface area contributed by atoms with E-state index in [-0.39, 0.29) is 0 Å². The summed E-state index contributed by atoms with van der Waals surface area (Å²) in [4.78, 5) is 5.02. The lowest BCUT2D eigenvalue weighted by Gasteiger charge is -2.40. The van der Waals surface area contributed by atoms with Gasteiger partial charge in [0.25, 0.3) is 0 Å². The zero-order valence-corrected chi connectivity index (χ0v) is 12.9. The van der Waals surface area contributed by atoms with E-state index in [1.54, 1.807) is 0 Å². The van der Waals surface area contributed by atoms with Gasteiger partial charge in [0.15, 0.2) is 0 Å². The van der Waals surface area contributed by atoms with E-state index in [2.05, 4.69) is 23.8 Å². The van der Waals surface area contributed by atoms with E-state index in [4.69, 9.17) is 0 Å². The fourth-order valence-corrected chi connectivity index (χ4v) is 3.88. The summed E-state index contributed by atoms with van der Waals surface area (Å²) in [6.07, 6.45) is 8.19. The fraction of sp³-hybridized carbons (Fsp3) is 1.00. The van der Waals surface area contributed by atoms with Gasteiger partial charge in [0.05, 0.1) is 6.61 Å². The van der Waals surface area contributed by atoms with Crippen molar-refractivity contribution in [1.29, 1.82) is 0 Å². The van der Waals surface area contributed by atoms with E-state index in [0.29, 0.717) is 12.6 Å². The van der Waals surface area contributed by atoms with E-state index in [1.807, 2.05) is 0 Å². The molecule has 0 unspecified atom stereocenters. The largest absolute Gasteiger partial charge is 0.395 e. The lowest BCUT2D eigenvalue weighted by Crippen LogP contribution is -2.47. The molecule has 1 heterocycles. The molecule has 0 aromatic rings. The summed E-state index contributed by atoms with van der Waals surface area (Å²) < 4.78 is 0. The quantitative estimate of drug-likeness (QED) is 0.828. The van der Waals surface area contributed by atoms with Gasteiger partial charge >= 0.3 is 0 Å². The van der Waals surface area contributed by atoms with Crippen molar-refractivity contribution < 1.29 is 5.11 Å². The summed E-state index contributed by atoms with van der Waals surface area (Å²) in [7, 11) is 2.22. The summed E-state index contributed by atoms with van der Waals surface area (Å²) in [6.45, 7) is 7.26. The van der Waals surface area contributed by atoms with Crippen LogP contribution in [-0.4, -0.2) is 60.8 Å². The molecule has 19 heavy (non-hydrogen) atoms. The van der Waals surface area contributed by atoms with Gasteiger partial charge in [0.2, 0.25) is 0 Å². The number of aliphatic hydroxyl groups is 1. The monoisotopic (exact) mass is 268 g/mol. The number of hydrogen-bond acceptors (Lipinski definition) is 3. The van der Waals surface area contributed by atoms with Crippen molar-refractivity contribution in [3.8, 4) is 0 Å². The van der Waals surface area contributed by atoms with Gasteiger partial charge in [-0.25, -0.2) is 0 Å². The summed E-state index contributed by atoms with van der Waals surface area (Å²) >= 11 is 0. The van der Waals surface area contributed by atoms with Crippen LogP contribution in [0.2, 0.25) is 0 Å². The minimum absolute atomic E-state index is 0.313. The number of hydrogen-bond donors (Lipinski definition) is 1. The zero-order chi connectivity index (χ0) is 13.7. The molecule has 0 amide bonds. The molecular weight excluding hydrogens is 236 g/mol. The van der Waals surface area contributed by atoms with E-state index < -0.39 is 0 Å². The summed E-state index contributed by atoms with van der Waals surface area (Å²) in [5.74, 6) is 1.74. The maximum Gasteiger partial charge on any atom is 0.0558 e. The van der Waals surface area contributed by atoms with Crippen molar-refractivity contribution >= 4 is 0 Å². The maximum absolute atomic E-state index is 9.36. The van der Waals surface area contributed by atoms with E-state index >= 15 is 0 Å². The molecule has 3 heteroatoms. The van der Waals surface area contributed by atoms with Crippen LogP contribution >= 0.6 is 0 Å². The van der Waals surface area contributed by atoms with Gasteiger partial charge in [-0.1, -0.05) is 26.2 Å². The lowest BCUT2D eigenvalue weighted by molar-refractivity contribution is 0.0675. The van der Waals surface area contributed by atoms with Crippen molar-refractivity contribution in [2.75, 3.05) is 39.8 Å². The molecule has 3 nitrogen and oxygen atoms in total. The van der Waals surface area contributed by atoms with Crippen LogP contribution in [0.3, 0.4) is 0 Å². The Labute approximate surface area is 119 Å². The third-order valence-electron chi connectivity index (χ3n) is 5.35. The van der Waals surface area contributed by atoms with Crippen molar-refractivity contribution in [3.63, 3.8) is 0 Å². The Morgan fingerprint density at radius 1 is 1.11 bits per heavy atom. The van der Waals surface area contributed by atoms with Gasteiger partial charge in [-0.15, -0.1) is 0 Å². The third kappa shape index (κ3) is 4.44. The van der Waals surface area contributed by atoms with Gasteiger partial charge in [0.1, 0.15) is 0 Å². The van der Waals surface area contributed by atoms with Crippen LogP contribution in [-0.2, 0) is 0 Å². The molecule has 2 aliphatic rings. The topological polar surface area (TPSA) is 26.7 Å². The van der Waals surface area contributed by atoms with Crippen LogP contribution in [0.1, 0.15) is 45.4 Å². The predicted molar refractivity (Wildman–Crippen MR) is 80.3 cm³/mol. The van der Waals surface area contributed by atoms with Crippen LogP contribution in [0, 0.1) is 11.8 Å². The normalized spacial score (nSPS) is 30.9. The predicted octanol–water partition coefficient (Wildman–Crippen LogP) is 2.20. The molecular formula is C16H32N2O. The smallest absolute Gasteiger partial charge is 0.0558 e. The van der Waals surface area contributed by atoms with Gasteiger partial charge in [-0.3, -0.25) is 4.90 Å². The first-order valence-electron chi connectivity index (χ1n) is 8.24. The molecule has 112 valence electrons. The highest BCUT2D eigenvalue weighted by atomic mass is 16.3. The Hall–Kier alpha value is -0.120. The Morgan fingerprint density at radius 3 is 2.42 bits per heavy atom. The summed E-state index contributed by atoms with van der Waals surface area (Å²) in [5.41, 5.74) is 0. The third-order valence-corrected chi connectivity index (χ3v) is 5.35. The number of piperidine rings is 1. The van der Waals surface area contributed by atoms with E-state index in [0.717, 1.165) is 18.4 Å². The highest BCUT2D eigenvalue weighted by Gasteiger charge is 2.28. The second-order valence-corrected chi connectivity index (χ2v) is 6.77. The first-order valence-corrected chi connectivity index (χ1v) is 8.24. The molecule has 1 aliphatic carbocycles. The van der Waals surface area contributed by atoms with Gasteiger partial charge in [-0.05, 0) is 51.2 Å². The first-order chi connectivity index (χ1) is 9.20. The molecule has 2 atom stereocenters. The minimum atomic E-state index is 0.313. The van der Waals surface area contributed by atoms with Gasteiger partial charge in [0, 0.05) is 19.1 Å². The van der Waals surface area contributed by atoms with Crippen LogP contribution in [0.5, 0.6) is 0 Å². The first kappa shape index (κ1) is 15.3. The Kier molecular flexibility index (Phi) is 6.11. The second-order valence-electron chi connectivity index (χ2n) is 6.77. The molecule has 1 saturated heterocycles. The SMILES string of the molecule is C[C@H]1CCCC[C@@H]1CN(CCO)C1CCN(C)CC1. The molecule has 0 aromatic heterocycles. The molecule has 1 N–H and O–H groups in total. The van der Waals surface area contributed by atoms with Crippen molar-refractivity contribution in [2.45, 2.75) is 51.5 Å². The van der Waals surface area contributed by atoms with Crippen LogP contribution < -0.4 is 0 Å². The van der Waals surface area contributed by atoms with E-state index in [9.17, 15) is 5.11 Å². The van der Waals surface area contributed by atoms with Crippen molar-refractivity contribution in [1.82, 2.24) is 9.80 Å². The standard InChI is InChI=1S/C16H32N2O/c1-14-5-3-4-6-15(14)13-18(11-12-19)16-7-9-17(2)10-8-16/h14-16,19H,3-13H2,1-2H3/t14-,15+/m0/s1. The minimum Gasteiger partial charge on any atom is -0.395 e. The zero-order valence-electron chi connectivity index (χ0n) is 12.9. The lowest BCUT2D eigenvalue weighted by atomic mass is 9.80. The summed E-state index contributed by atoms with van der Waals surface area (Å²) in [6, 6.07) is 0.706. The molecule has 2 rings (SSSR count). The Morgan fingerprint density at radius 2 is 1.79 bits per heavy atom. The maximum atomic E-state index is 9.36. The average molecular weight is 268 g/mol. The Balaban J connectivity index is 1.87. The van der Waals surface area contributed by atoms with Crippen molar-refractivity contribution in [2.24, 2.45) is 11.8 Å². The van der Waals surface area contributed by atoms with Crippen LogP contribution in [0.15, 0.2) is 0 Å². The fourth-order valence-electron chi connectivity index (χ4n) is 3.88. The van der Waals surface area contributed by atoms with Gasteiger partial charge < -0.3 is 10.0 Å².